The summed E-state index contributed by atoms with van der Waals surface area (Å²) in [6, 6.07) is 9.80. The molecule has 6 heteroatoms. The molecule has 3 nitrogen and oxygen atoms in total. The number of hydrogen-bond acceptors (Lipinski definition) is 4. The van der Waals surface area contributed by atoms with Crippen LogP contribution in [-0.4, -0.2) is 35.8 Å². The van der Waals surface area contributed by atoms with E-state index in [4.69, 9.17) is 4.74 Å². The van der Waals surface area contributed by atoms with E-state index in [2.05, 4.69) is 4.98 Å². The third-order valence-corrected chi connectivity index (χ3v) is 3.74. The molecule has 114 valence electrons. The van der Waals surface area contributed by atoms with Gasteiger partial charge >= 0.3 is 0 Å². The average molecular weight is 313 g/mol. The van der Waals surface area contributed by atoms with Gasteiger partial charge in [0.1, 0.15) is 6.61 Å². The Morgan fingerprint density at radius 2 is 2.00 bits per heavy atom. The van der Waals surface area contributed by atoms with Crippen molar-refractivity contribution in [3.05, 3.63) is 40.7 Å². The van der Waals surface area contributed by atoms with Crippen LogP contribution in [0.15, 0.2) is 35.7 Å². The number of ether oxygens (including phenoxy) is 1. The van der Waals surface area contributed by atoms with Crippen LogP contribution in [0.2, 0.25) is 0 Å². The van der Waals surface area contributed by atoms with Gasteiger partial charge in [-0.2, -0.15) is 0 Å². The van der Waals surface area contributed by atoms with Gasteiger partial charge in [-0.1, -0.05) is 30.3 Å². The second-order valence-corrected chi connectivity index (χ2v) is 5.55. The summed E-state index contributed by atoms with van der Waals surface area (Å²) in [5.74, 6) is 0. The molecule has 0 radical (unpaired) electrons. The molecule has 1 N–H and O–H groups in total. The maximum absolute atomic E-state index is 11.9. The Labute approximate surface area is 126 Å². The lowest BCUT2D eigenvalue weighted by atomic mass is 10.2. The molecule has 0 bridgehead atoms. The maximum Gasteiger partial charge on any atom is 0.261 e. The van der Waals surface area contributed by atoms with Gasteiger partial charge in [0.25, 0.3) is 6.43 Å². The van der Waals surface area contributed by atoms with Crippen LogP contribution in [0.1, 0.15) is 11.4 Å². The molecule has 2 aromatic rings. The molecular formula is C15H17F2NO2S. The van der Waals surface area contributed by atoms with Crippen molar-refractivity contribution in [1.29, 1.82) is 0 Å². The van der Waals surface area contributed by atoms with Crippen LogP contribution in [-0.2, 0) is 11.2 Å². The molecule has 1 unspecified atom stereocenters. The highest BCUT2D eigenvalue weighted by Crippen LogP contribution is 2.22. The topological polar surface area (TPSA) is 42.4 Å². The van der Waals surface area contributed by atoms with Crippen LogP contribution in [0.3, 0.4) is 0 Å². The molecule has 0 fully saturated rings. The van der Waals surface area contributed by atoms with E-state index in [1.165, 1.54) is 11.3 Å². The van der Waals surface area contributed by atoms with Gasteiger partial charge in [-0.05, 0) is 6.42 Å². The predicted octanol–water partition coefficient (Wildman–Crippen LogP) is 3.39. The highest BCUT2D eigenvalue weighted by Gasteiger charge is 2.11. The molecule has 2 rings (SSSR count). The van der Waals surface area contributed by atoms with E-state index in [1.54, 1.807) is 0 Å². The van der Waals surface area contributed by atoms with E-state index >= 15 is 0 Å². The summed E-state index contributed by atoms with van der Waals surface area (Å²) in [5.41, 5.74) is 1.92. The molecule has 1 atom stereocenters. The first kappa shape index (κ1) is 16.0. The fourth-order valence-electron chi connectivity index (χ4n) is 1.84. The Morgan fingerprint density at radius 1 is 1.24 bits per heavy atom. The average Bonchev–Trinajstić information content (AvgIpc) is 2.93. The van der Waals surface area contributed by atoms with Gasteiger partial charge in [-0.3, -0.25) is 0 Å². The molecule has 1 aromatic heterocycles. The summed E-state index contributed by atoms with van der Waals surface area (Å²) in [6.45, 7) is -0.454. The molecule has 0 saturated heterocycles. The van der Waals surface area contributed by atoms with Crippen molar-refractivity contribution in [2.75, 3.05) is 13.2 Å². The van der Waals surface area contributed by atoms with Crippen molar-refractivity contribution in [3.8, 4) is 11.3 Å². The van der Waals surface area contributed by atoms with Gasteiger partial charge in [0, 0.05) is 24.0 Å². The molecular weight excluding hydrogens is 296 g/mol. The first-order valence-electron chi connectivity index (χ1n) is 6.69. The Hall–Kier alpha value is -1.37. The fraction of sp³-hybridized carbons (Fsp3) is 0.400. The number of aliphatic hydroxyl groups is 1. The molecule has 1 heterocycles. The zero-order valence-electron chi connectivity index (χ0n) is 11.4. The molecule has 0 saturated carbocycles. The lowest BCUT2D eigenvalue weighted by molar-refractivity contribution is 0.00512. The molecule has 0 aliphatic rings. The first-order valence-corrected chi connectivity index (χ1v) is 7.57. The number of aromatic nitrogens is 1. The Kier molecular flexibility index (Phi) is 6.22. The molecule has 21 heavy (non-hydrogen) atoms. The van der Waals surface area contributed by atoms with E-state index < -0.39 is 19.1 Å². The van der Waals surface area contributed by atoms with Gasteiger partial charge in [-0.15, -0.1) is 11.3 Å². The molecule has 0 aliphatic heterocycles. The van der Waals surface area contributed by atoms with E-state index in [0.717, 1.165) is 16.3 Å². The largest absolute Gasteiger partial charge is 0.393 e. The third kappa shape index (κ3) is 5.49. The fourth-order valence-corrected chi connectivity index (χ4v) is 2.72. The van der Waals surface area contributed by atoms with Gasteiger partial charge in [0.15, 0.2) is 0 Å². The number of halogens is 2. The summed E-state index contributed by atoms with van der Waals surface area (Å²) in [6.07, 6.45) is -2.35. The Bertz CT molecular complexity index is 533. The van der Waals surface area contributed by atoms with Gasteiger partial charge < -0.3 is 9.84 Å². The van der Waals surface area contributed by atoms with Gasteiger partial charge in [0.2, 0.25) is 0 Å². The smallest absolute Gasteiger partial charge is 0.261 e. The van der Waals surface area contributed by atoms with Crippen molar-refractivity contribution in [2.24, 2.45) is 0 Å². The highest BCUT2D eigenvalue weighted by atomic mass is 32.1. The Morgan fingerprint density at radius 3 is 2.71 bits per heavy atom. The normalized spacial score (nSPS) is 12.8. The summed E-state index contributed by atoms with van der Waals surface area (Å²) in [7, 11) is 0. The summed E-state index contributed by atoms with van der Waals surface area (Å²) in [4.78, 5) is 4.47. The van der Waals surface area contributed by atoms with Crippen molar-refractivity contribution in [1.82, 2.24) is 4.98 Å². The number of hydrogen-bond donors (Lipinski definition) is 1. The predicted molar refractivity (Wildman–Crippen MR) is 78.7 cm³/mol. The summed E-state index contributed by atoms with van der Waals surface area (Å²) >= 11 is 1.48. The zero-order valence-corrected chi connectivity index (χ0v) is 12.2. The maximum atomic E-state index is 11.9. The number of rotatable bonds is 8. The number of thiazole rings is 1. The minimum absolute atomic E-state index is 0.127. The molecule has 0 aliphatic carbocycles. The Balaban J connectivity index is 1.79. The van der Waals surface area contributed by atoms with E-state index in [9.17, 15) is 13.9 Å². The van der Waals surface area contributed by atoms with Crippen molar-refractivity contribution < 1.29 is 18.6 Å². The van der Waals surface area contributed by atoms with Crippen LogP contribution in [0, 0.1) is 0 Å². The van der Waals surface area contributed by atoms with E-state index in [0.29, 0.717) is 12.8 Å². The number of nitrogens with zero attached hydrogens (tertiary/aromatic N) is 1. The van der Waals surface area contributed by atoms with Crippen LogP contribution in [0.5, 0.6) is 0 Å². The molecule has 0 spiro atoms. The minimum Gasteiger partial charge on any atom is -0.393 e. The zero-order chi connectivity index (χ0) is 15.1. The SMILES string of the molecule is OC(CCOCC(F)F)Cc1nc(-c2ccccc2)cs1. The van der Waals surface area contributed by atoms with Crippen molar-refractivity contribution in [3.63, 3.8) is 0 Å². The quantitative estimate of drug-likeness (QED) is 0.760. The van der Waals surface area contributed by atoms with Gasteiger partial charge in [-0.25, -0.2) is 13.8 Å². The van der Waals surface area contributed by atoms with Crippen molar-refractivity contribution in [2.45, 2.75) is 25.4 Å². The summed E-state index contributed by atoms with van der Waals surface area (Å²) < 4.78 is 28.5. The number of benzene rings is 1. The lowest BCUT2D eigenvalue weighted by Gasteiger charge is -2.09. The summed E-state index contributed by atoms with van der Waals surface area (Å²) in [5, 5.41) is 12.6. The molecule has 0 amide bonds. The highest BCUT2D eigenvalue weighted by molar-refractivity contribution is 7.09. The van der Waals surface area contributed by atoms with E-state index in [-0.39, 0.29) is 6.61 Å². The molecule has 1 aromatic carbocycles. The van der Waals surface area contributed by atoms with Crippen LogP contribution in [0.4, 0.5) is 8.78 Å². The van der Waals surface area contributed by atoms with Gasteiger partial charge in [0.05, 0.1) is 16.8 Å². The standard InChI is InChI=1S/C15H17F2NO2S/c16-14(17)9-20-7-6-12(19)8-15-18-13(10-21-15)11-4-2-1-3-5-11/h1-5,10,12,14,19H,6-9H2. The first-order chi connectivity index (χ1) is 10.1. The minimum atomic E-state index is -2.46. The van der Waals surface area contributed by atoms with Crippen molar-refractivity contribution >= 4 is 11.3 Å². The van der Waals surface area contributed by atoms with Crippen LogP contribution in [0.25, 0.3) is 11.3 Å². The number of alkyl halides is 2. The lowest BCUT2D eigenvalue weighted by Crippen LogP contribution is -2.15. The third-order valence-electron chi connectivity index (χ3n) is 2.87. The van der Waals surface area contributed by atoms with Crippen LogP contribution < -0.4 is 0 Å². The van der Waals surface area contributed by atoms with Crippen LogP contribution >= 0.6 is 11.3 Å². The number of aliphatic hydroxyl groups excluding tert-OH is 1. The second-order valence-electron chi connectivity index (χ2n) is 4.61. The monoisotopic (exact) mass is 313 g/mol. The second kappa shape index (κ2) is 8.17. The van der Waals surface area contributed by atoms with E-state index in [1.807, 2.05) is 35.7 Å².